The van der Waals surface area contributed by atoms with Gasteiger partial charge in [-0.1, -0.05) is 48.0 Å². The van der Waals surface area contributed by atoms with Gasteiger partial charge in [-0.3, -0.25) is 4.79 Å². The van der Waals surface area contributed by atoms with E-state index >= 15 is 0 Å². The third-order valence-electron chi connectivity index (χ3n) is 3.46. The van der Waals surface area contributed by atoms with Gasteiger partial charge in [0, 0.05) is 0 Å². The third kappa shape index (κ3) is 2.49. The minimum atomic E-state index is -0.502. The van der Waals surface area contributed by atoms with E-state index in [1.165, 1.54) is 0 Å². The molecule has 0 saturated carbocycles. The average molecular weight is 313 g/mol. The highest BCUT2D eigenvalue weighted by atomic mass is 35.5. The molecule has 1 saturated heterocycles. The van der Waals surface area contributed by atoms with Crippen molar-refractivity contribution in [1.29, 1.82) is 0 Å². The number of nitrogens with one attached hydrogen (secondary N) is 1. The zero-order valence-corrected chi connectivity index (χ0v) is 12.6. The average Bonchev–Trinajstić information content (AvgIpc) is 2.77. The van der Waals surface area contributed by atoms with Crippen LogP contribution >= 0.6 is 11.6 Å². The van der Waals surface area contributed by atoms with Crippen molar-refractivity contribution in [3.05, 3.63) is 70.4 Å². The highest BCUT2D eigenvalue weighted by Crippen LogP contribution is 2.29. The molecule has 0 atom stereocenters. The number of halogens is 1. The second kappa shape index (κ2) is 5.66. The maximum atomic E-state index is 12.5. The van der Waals surface area contributed by atoms with Crippen molar-refractivity contribution in [3.63, 3.8) is 0 Å². The van der Waals surface area contributed by atoms with Crippen LogP contribution in [-0.2, 0) is 4.79 Å². The molecule has 0 aromatic heterocycles. The summed E-state index contributed by atoms with van der Waals surface area (Å²) in [7, 11) is 0. The van der Waals surface area contributed by atoms with Gasteiger partial charge < -0.3 is 5.32 Å². The lowest BCUT2D eigenvalue weighted by Gasteiger charge is -2.13. The van der Waals surface area contributed by atoms with E-state index in [0.717, 1.165) is 16.0 Å². The second-order valence-electron chi connectivity index (χ2n) is 4.94. The predicted octanol–water partition coefficient (Wildman–Crippen LogP) is 3.75. The van der Waals surface area contributed by atoms with Gasteiger partial charge in [0.05, 0.1) is 10.7 Å². The minimum absolute atomic E-state index is 0.235. The molecule has 2 aromatic carbocycles. The molecular formula is C17H13ClN2O2. The molecule has 0 unspecified atom stereocenters. The van der Waals surface area contributed by atoms with Crippen LogP contribution in [0.4, 0.5) is 10.5 Å². The Morgan fingerprint density at radius 1 is 1.05 bits per heavy atom. The smallest absolute Gasteiger partial charge is 0.302 e. The maximum Gasteiger partial charge on any atom is 0.333 e. The van der Waals surface area contributed by atoms with Crippen molar-refractivity contribution in [2.45, 2.75) is 6.92 Å². The minimum Gasteiger partial charge on any atom is -0.302 e. The quantitative estimate of drug-likeness (QED) is 0.678. The number of nitrogens with zero attached hydrogens (tertiary/aromatic N) is 1. The maximum absolute atomic E-state index is 12.5. The Labute approximate surface area is 133 Å². The fourth-order valence-corrected chi connectivity index (χ4v) is 2.51. The van der Waals surface area contributed by atoms with Gasteiger partial charge in [-0.05, 0) is 36.3 Å². The van der Waals surface area contributed by atoms with Crippen molar-refractivity contribution in [2.75, 3.05) is 4.90 Å². The first-order valence-electron chi connectivity index (χ1n) is 6.75. The Morgan fingerprint density at radius 3 is 2.45 bits per heavy atom. The number of hydrogen-bond donors (Lipinski definition) is 1. The van der Waals surface area contributed by atoms with Crippen molar-refractivity contribution >= 4 is 35.3 Å². The van der Waals surface area contributed by atoms with Gasteiger partial charge in [0.15, 0.2) is 0 Å². The van der Waals surface area contributed by atoms with Crippen LogP contribution in [0, 0.1) is 6.92 Å². The molecule has 0 spiro atoms. The standard InChI is InChI=1S/C17H13ClN2O2/c1-11-6-2-3-7-12(11)10-14-16(21)20(17(22)19-14)15-9-5-4-8-13(15)18/h2-10H,1H3,(H,19,22)/b14-10+. The second-order valence-corrected chi connectivity index (χ2v) is 5.34. The lowest BCUT2D eigenvalue weighted by molar-refractivity contribution is -0.113. The van der Waals surface area contributed by atoms with Crippen molar-refractivity contribution < 1.29 is 9.59 Å². The Morgan fingerprint density at radius 2 is 1.73 bits per heavy atom. The van der Waals surface area contributed by atoms with Crippen LogP contribution in [0.1, 0.15) is 11.1 Å². The van der Waals surface area contributed by atoms with E-state index in [4.69, 9.17) is 11.6 Å². The number of carbonyl (C=O) groups is 2. The highest BCUT2D eigenvalue weighted by Gasteiger charge is 2.35. The molecular weight excluding hydrogens is 300 g/mol. The summed E-state index contributed by atoms with van der Waals surface area (Å²) in [5.41, 5.74) is 2.51. The van der Waals surface area contributed by atoms with Gasteiger partial charge in [0.1, 0.15) is 5.70 Å². The Kier molecular flexibility index (Phi) is 3.69. The van der Waals surface area contributed by atoms with Crippen LogP contribution in [-0.4, -0.2) is 11.9 Å². The summed E-state index contributed by atoms with van der Waals surface area (Å²) in [4.78, 5) is 25.7. The van der Waals surface area contributed by atoms with Crippen LogP contribution in [0.25, 0.3) is 6.08 Å². The number of carbonyl (C=O) groups excluding carboxylic acids is 2. The first-order chi connectivity index (χ1) is 10.6. The largest absolute Gasteiger partial charge is 0.333 e. The summed E-state index contributed by atoms with van der Waals surface area (Å²) in [6.07, 6.45) is 1.67. The Hall–Kier alpha value is -2.59. The zero-order valence-electron chi connectivity index (χ0n) is 11.8. The number of amides is 3. The molecule has 4 nitrogen and oxygen atoms in total. The fourth-order valence-electron chi connectivity index (χ4n) is 2.29. The first-order valence-corrected chi connectivity index (χ1v) is 7.13. The van der Waals surface area contributed by atoms with Gasteiger partial charge in [-0.25, -0.2) is 9.69 Å². The highest BCUT2D eigenvalue weighted by molar-refractivity contribution is 6.37. The summed E-state index contributed by atoms with van der Waals surface area (Å²) >= 11 is 6.07. The summed E-state index contributed by atoms with van der Waals surface area (Å²) in [6, 6.07) is 13.9. The third-order valence-corrected chi connectivity index (χ3v) is 3.78. The number of para-hydroxylation sites is 1. The Balaban J connectivity index is 1.99. The Bertz CT molecular complexity index is 799. The monoisotopic (exact) mass is 312 g/mol. The molecule has 3 amide bonds. The molecule has 1 heterocycles. The van der Waals surface area contributed by atoms with Gasteiger partial charge in [-0.15, -0.1) is 0 Å². The molecule has 3 rings (SSSR count). The molecule has 1 aliphatic rings. The van der Waals surface area contributed by atoms with Crippen LogP contribution < -0.4 is 10.2 Å². The van der Waals surface area contributed by atoms with Crippen LogP contribution in [0.15, 0.2) is 54.2 Å². The van der Waals surface area contributed by atoms with Crippen molar-refractivity contribution in [3.8, 4) is 0 Å². The van der Waals surface area contributed by atoms with E-state index in [9.17, 15) is 9.59 Å². The molecule has 2 aromatic rings. The SMILES string of the molecule is Cc1ccccc1/C=C1/NC(=O)N(c2ccccc2Cl)C1=O. The zero-order chi connectivity index (χ0) is 15.7. The molecule has 0 radical (unpaired) electrons. The van der Waals surface area contributed by atoms with E-state index < -0.39 is 11.9 Å². The molecule has 1 aliphatic heterocycles. The summed E-state index contributed by atoms with van der Waals surface area (Å²) in [6.45, 7) is 1.94. The molecule has 5 heteroatoms. The summed E-state index contributed by atoms with van der Waals surface area (Å²) in [5.74, 6) is -0.415. The van der Waals surface area contributed by atoms with E-state index in [1.54, 1.807) is 30.3 Å². The van der Waals surface area contributed by atoms with E-state index in [1.807, 2.05) is 31.2 Å². The number of benzene rings is 2. The van der Waals surface area contributed by atoms with Crippen molar-refractivity contribution in [1.82, 2.24) is 5.32 Å². The summed E-state index contributed by atoms with van der Waals surface area (Å²) < 4.78 is 0. The molecule has 0 bridgehead atoms. The number of hydrogen-bond acceptors (Lipinski definition) is 2. The van der Waals surface area contributed by atoms with Crippen LogP contribution in [0.2, 0.25) is 5.02 Å². The van der Waals surface area contributed by atoms with Crippen molar-refractivity contribution in [2.24, 2.45) is 0 Å². The van der Waals surface area contributed by atoms with Crippen LogP contribution in [0.3, 0.4) is 0 Å². The van der Waals surface area contributed by atoms with Gasteiger partial charge in [0.2, 0.25) is 0 Å². The van der Waals surface area contributed by atoms with Gasteiger partial charge in [0.25, 0.3) is 5.91 Å². The summed E-state index contributed by atoms with van der Waals surface area (Å²) in [5, 5.41) is 2.95. The number of aryl methyl sites for hydroxylation is 1. The number of imide groups is 1. The molecule has 1 fully saturated rings. The van der Waals surface area contributed by atoms with Gasteiger partial charge in [-0.2, -0.15) is 0 Å². The lowest BCUT2D eigenvalue weighted by atomic mass is 10.1. The predicted molar refractivity (Wildman–Crippen MR) is 86.6 cm³/mol. The van der Waals surface area contributed by atoms with E-state index in [0.29, 0.717) is 10.7 Å². The number of urea groups is 1. The van der Waals surface area contributed by atoms with E-state index in [2.05, 4.69) is 5.32 Å². The molecule has 0 aliphatic carbocycles. The number of anilines is 1. The van der Waals surface area contributed by atoms with Gasteiger partial charge >= 0.3 is 6.03 Å². The van der Waals surface area contributed by atoms with Crippen LogP contribution in [0.5, 0.6) is 0 Å². The number of rotatable bonds is 2. The molecule has 1 N–H and O–H groups in total. The fraction of sp³-hybridized carbons (Fsp3) is 0.0588. The molecule has 22 heavy (non-hydrogen) atoms. The van der Waals surface area contributed by atoms with E-state index in [-0.39, 0.29) is 5.70 Å². The first kappa shape index (κ1) is 14.4. The lowest BCUT2D eigenvalue weighted by Crippen LogP contribution is -2.30. The normalized spacial score (nSPS) is 16.3. The molecule has 110 valence electrons. The topological polar surface area (TPSA) is 49.4 Å².